The molecule has 1 N–H and O–H groups in total. The van der Waals surface area contributed by atoms with Crippen molar-refractivity contribution in [3.63, 3.8) is 0 Å². The van der Waals surface area contributed by atoms with Gasteiger partial charge in [0.2, 0.25) is 5.78 Å². The zero-order chi connectivity index (χ0) is 13.3. The van der Waals surface area contributed by atoms with Gasteiger partial charge >= 0.3 is 0 Å². The summed E-state index contributed by atoms with van der Waals surface area (Å²) < 4.78 is 0. The maximum atomic E-state index is 11.6. The number of ketones is 1. The molecule has 0 saturated carbocycles. The van der Waals surface area contributed by atoms with Gasteiger partial charge in [0.15, 0.2) is 0 Å². The van der Waals surface area contributed by atoms with Gasteiger partial charge in [-0.15, -0.1) is 0 Å². The molecule has 17 heavy (non-hydrogen) atoms. The van der Waals surface area contributed by atoms with Crippen molar-refractivity contribution in [3.05, 3.63) is 0 Å². The van der Waals surface area contributed by atoms with Gasteiger partial charge in [0.25, 0.3) is 5.91 Å². The average Bonchev–Trinajstić information content (AvgIpc) is 2.25. The molecule has 0 rings (SSSR count). The molecule has 0 aliphatic rings. The van der Waals surface area contributed by atoms with E-state index in [-0.39, 0.29) is 5.78 Å². The Morgan fingerprint density at radius 2 is 1.47 bits per heavy atom. The van der Waals surface area contributed by atoms with E-state index in [4.69, 9.17) is 0 Å². The van der Waals surface area contributed by atoms with Crippen LogP contribution < -0.4 is 5.32 Å². The van der Waals surface area contributed by atoms with E-state index in [0.29, 0.717) is 6.54 Å². The van der Waals surface area contributed by atoms with Gasteiger partial charge in [-0.2, -0.15) is 0 Å². The third-order valence-corrected chi connectivity index (χ3v) is 2.70. The van der Waals surface area contributed by atoms with Crippen LogP contribution in [0.2, 0.25) is 0 Å². The average molecular weight is 241 g/mol. The van der Waals surface area contributed by atoms with Crippen LogP contribution in [0.15, 0.2) is 0 Å². The summed E-state index contributed by atoms with van der Waals surface area (Å²) in [6.07, 6.45) is 7.12. The van der Waals surface area contributed by atoms with Gasteiger partial charge < -0.3 is 5.32 Å². The van der Waals surface area contributed by atoms with Gasteiger partial charge in [-0.3, -0.25) is 9.59 Å². The van der Waals surface area contributed by atoms with Crippen LogP contribution in [0, 0.1) is 5.41 Å². The monoisotopic (exact) mass is 241 g/mol. The van der Waals surface area contributed by atoms with Crippen LogP contribution in [0.3, 0.4) is 0 Å². The van der Waals surface area contributed by atoms with Crippen LogP contribution in [-0.2, 0) is 9.59 Å². The summed E-state index contributed by atoms with van der Waals surface area (Å²) >= 11 is 0. The van der Waals surface area contributed by atoms with E-state index < -0.39 is 11.3 Å². The third kappa shape index (κ3) is 7.94. The Hall–Kier alpha value is -0.860. The molecule has 100 valence electrons. The van der Waals surface area contributed by atoms with Crippen molar-refractivity contribution in [1.29, 1.82) is 0 Å². The Kier molecular flexibility index (Phi) is 7.85. The molecular weight excluding hydrogens is 214 g/mol. The molecule has 3 heteroatoms. The highest BCUT2D eigenvalue weighted by molar-refractivity contribution is 6.37. The molecule has 0 radical (unpaired) electrons. The van der Waals surface area contributed by atoms with Crippen LogP contribution >= 0.6 is 0 Å². The van der Waals surface area contributed by atoms with E-state index >= 15 is 0 Å². The lowest BCUT2D eigenvalue weighted by Crippen LogP contribution is -2.38. The highest BCUT2D eigenvalue weighted by atomic mass is 16.2. The van der Waals surface area contributed by atoms with Crippen LogP contribution in [0.1, 0.15) is 66.2 Å². The summed E-state index contributed by atoms with van der Waals surface area (Å²) in [4.78, 5) is 23.0. The van der Waals surface area contributed by atoms with Gasteiger partial charge in [-0.25, -0.2) is 0 Å². The van der Waals surface area contributed by atoms with Crippen LogP contribution in [0.5, 0.6) is 0 Å². The van der Waals surface area contributed by atoms with Crippen molar-refractivity contribution in [3.8, 4) is 0 Å². The Balaban J connectivity index is 3.56. The second-order valence-corrected chi connectivity index (χ2v) is 5.60. The first kappa shape index (κ1) is 16.1. The van der Waals surface area contributed by atoms with Gasteiger partial charge in [0.05, 0.1) is 0 Å². The van der Waals surface area contributed by atoms with Crippen molar-refractivity contribution in [2.24, 2.45) is 5.41 Å². The highest BCUT2D eigenvalue weighted by Crippen LogP contribution is 2.14. The van der Waals surface area contributed by atoms with Gasteiger partial charge in [0, 0.05) is 12.0 Å². The minimum atomic E-state index is -0.578. The Labute approximate surface area is 105 Å². The molecule has 3 nitrogen and oxygen atoms in total. The standard InChI is InChI=1S/C14H27NO2/c1-5-6-7-8-9-10-11-15-13(17)12(16)14(2,3)4/h5-11H2,1-4H3,(H,15,17). The molecule has 0 unspecified atom stereocenters. The molecule has 0 atom stereocenters. The highest BCUT2D eigenvalue weighted by Gasteiger charge is 2.27. The second kappa shape index (κ2) is 8.26. The van der Waals surface area contributed by atoms with E-state index in [0.717, 1.165) is 12.8 Å². The zero-order valence-corrected chi connectivity index (χ0v) is 11.8. The lowest BCUT2D eigenvalue weighted by Gasteiger charge is -2.15. The lowest BCUT2D eigenvalue weighted by molar-refractivity contribution is -0.142. The van der Waals surface area contributed by atoms with Crippen molar-refractivity contribution in [2.45, 2.75) is 66.2 Å². The predicted molar refractivity (Wildman–Crippen MR) is 70.8 cm³/mol. The fraction of sp³-hybridized carbons (Fsp3) is 0.857. The molecule has 1 amide bonds. The molecule has 0 spiro atoms. The van der Waals surface area contributed by atoms with E-state index in [2.05, 4.69) is 12.2 Å². The normalized spacial score (nSPS) is 11.3. The second-order valence-electron chi connectivity index (χ2n) is 5.60. The molecule has 0 aromatic carbocycles. The number of Topliss-reactive ketones (excluding diaryl/α,β-unsaturated/α-hetero) is 1. The Morgan fingerprint density at radius 1 is 0.941 bits per heavy atom. The Morgan fingerprint density at radius 3 is 2.00 bits per heavy atom. The largest absolute Gasteiger partial charge is 0.349 e. The first-order valence-corrected chi connectivity index (χ1v) is 6.72. The topological polar surface area (TPSA) is 46.2 Å². The number of unbranched alkanes of at least 4 members (excludes halogenated alkanes) is 5. The summed E-state index contributed by atoms with van der Waals surface area (Å²) in [5.74, 6) is -0.769. The van der Waals surface area contributed by atoms with Gasteiger partial charge in [0.1, 0.15) is 0 Å². The van der Waals surface area contributed by atoms with Crippen molar-refractivity contribution < 1.29 is 9.59 Å². The smallest absolute Gasteiger partial charge is 0.287 e. The molecule has 0 aliphatic carbocycles. The van der Waals surface area contributed by atoms with Crippen LogP contribution in [0.4, 0.5) is 0 Å². The minimum absolute atomic E-state index is 0.330. The number of carbonyl (C=O) groups is 2. The van der Waals surface area contributed by atoms with Crippen molar-refractivity contribution in [1.82, 2.24) is 5.32 Å². The SMILES string of the molecule is CCCCCCCCNC(=O)C(=O)C(C)(C)C. The summed E-state index contributed by atoms with van der Waals surface area (Å²) in [5, 5.41) is 2.69. The number of hydrogen-bond acceptors (Lipinski definition) is 2. The number of hydrogen-bond donors (Lipinski definition) is 1. The Bertz CT molecular complexity index is 241. The van der Waals surface area contributed by atoms with E-state index in [1.165, 1.54) is 25.7 Å². The van der Waals surface area contributed by atoms with Crippen LogP contribution in [-0.4, -0.2) is 18.2 Å². The zero-order valence-electron chi connectivity index (χ0n) is 11.8. The summed E-state index contributed by atoms with van der Waals surface area (Å²) in [5.41, 5.74) is -0.578. The van der Waals surface area contributed by atoms with Gasteiger partial charge in [-0.05, 0) is 6.42 Å². The first-order chi connectivity index (χ1) is 7.89. The number of rotatable bonds is 8. The quantitative estimate of drug-likeness (QED) is 0.524. The molecule has 0 aromatic heterocycles. The molecular formula is C14H27NO2. The number of nitrogens with one attached hydrogen (secondary N) is 1. The van der Waals surface area contributed by atoms with Crippen LogP contribution in [0.25, 0.3) is 0 Å². The van der Waals surface area contributed by atoms with Crippen molar-refractivity contribution in [2.75, 3.05) is 6.54 Å². The molecule has 0 aromatic rings. The van der Waals surface area contributed by atoms with E-state index in [1.54, 1.807) is 20.8 Å². The maximum Gasteiger partial charge on any atom is 0.287 e. The summed E-state index contributed by atoms with van der Waals surface area (Å²) in [7, 11) is 0. The summed E-state index contributed by atoms with van der Waals surface area (Å²) in [6, 6.07) is 0. The number of carbonyl (C=O) groups excluding carboxylic acids is 2. The fourth-order valence-corrected chi connectivity index (χ4v) is 1.53. The molecule has 0 bridgehead atoms. The third-order valence-electron chi connectivity index (χ3n) is 2.70. The first-order valence-electron chi connectivity index (χ1n) is 6.72. The maximum absolute atomic E-state index is 11.6. The summed E-state index contributed by atoms with van der Waals surface area (Å²) in [6.45, 7) is 8.10. The van der Waals surface area contributed by atoms with E-state index in [9.17, 15) is 9.59 Å². The van der Waals surface area contributed by atoms with E-state index in [1.807, 2.05) is 0 Å². The fourth-order valence-electron chi connectivity index (χ4n) is 1.53. The minimum Gasteiger partial charge on any atom is -0.349 e. The molecule has 0 heterocycles. The van der Waals surface area contributed by atoms with Gasteiger partial charge in [-0.1, -0.05) is 59.8 Å². The molecule has 0 aliphatic heterocycles. The number of amides is 1. The molecule has 0 fully saturated rings. The lowest BCUT2D eigenvalue weighted by atomic mass is 9.90. The molecule has 0 saturated heterocycles. The van der Waals surface area contributed by atoms with Crippen molar-refractivity contribution >= 4 is 11.7 Å². The predicted octanol–water partition coefficient (Wildman–Crippen LogP) is 3.08.